The van der Waals surface area contributed by atoms with Crippen LogP contribution >= 0.6 is 0 Å². The predicted molar refractivity (Wildman–Crippen MR) is 95.6 cm³/mol. The van der Waals surface area contributed by atoms with E-state index in [0.29, 0.717) is 51.9 Å². The molecule has 1 aromatic rings. The van der Waals surface area contributed by atoms with Crippen LogP contribution in [0.3, 0.4) is 0 Å². The molecule has 1 atom stereocenters. The Labute approximate surface area is 153 Å². The number of hydrogen-bond donors (Lipinski definition) is 1. The highest BCUT2D eigenvalue weighted by atomic mass is 16.5. The smallest absolute Gasteiger partial charge is 0.245 e. The van der Waals surface area contributed by atoms with Crippen LogP contribution in [0, 0.1) is 0 Å². The van der Waals surface area contributed by atoms with Crippen LogP contribution in [0.25, 0.3) is 0 Å². The maximum Gasteiger partial charge on any atom is 0.245 e. The van der Waals surface area contributed by atoms with Gasteiger partial charge in [0.25, 0.3) is 0 Å². The third kappa shape index (κ3) is 4.33. The molecule has 0 aliphatic carbocycles. The Morgan fingerprint density at radius 1 is 1.19 bits per heavy atom. The van der Waals surface area contributed by atoms with Crippen molar-refractivity contribution < 1.29 is 19.1 Å². The number of hydrogen-bond acceptors (Lipinski definition) is 4. The van der Waals surface area contributed by atoms with E-state index in [1.807, 2.05) is 29.2 Å². The molecule has 3 rings (SSSR count). The number of carbonyl (C=O) groups is 3. The number of ether oxygens (including phenoxy) is 1. The van der Waals surface area contributed by atoms with E-state index in [0.717, 1.165) is 11.3 Å². The monoisotopic (exact) mass is 359 g/mol. The van der Waals surface area contributed by atoms with Gasteiger partial charge in [-0.1, -0.05) is 12.1 Å². The van der Waals surface area contributed by atoms with E-state index in [9.17, 15) is 14.4 Å². The van der Waals surface area contributed by atoms with Gasteiger partial charge in [-0.3, -0.25) is 14.4 Å². The molecule has 2 heterocycles. The number of methoxy groups -OCH3 is 1. The maximum absolute atomic E-state index is 12.4. The summed E-state index contributed by atoms with van der Waals surface area (Å²) in [6.07, 6.45) is 2.10. The van der Waals surface area contributed by atoms with Crippen molar-refractivity contribution in [2.75, 3.05) is 33.3 Å². The fraction of sp³-hybridized carbons (Fsp3) is 0.526. The Kier molecular flexibility index (Phi) is 5.75. The molecule has 140 valence electrons. The lowest BCUT2D eigenvalue weighted by atomic mass is 10.1. The third-order valence-electron chi connectivity index (χ3n) is 5.00. The first-order chi connectivity index (χ1) is 12.6. The second kappa shape index (κ2) is 8.21. The summed E-state index contributed by atoms with van der Waals surface area (Å²) < 4.78 is 5.20. The lowest BCUT2D eigenvalue weighted by Gasteiger charge is -2.36. The van der Waals surface area contributed by atoms with E-state index in [1.165, 1.54) is 0 Å². The van der Waals surface area contributed by atoms with Crippen LogP contribution in [0.4, 0.5) is 0 Å². The van der Waals surface area contributed by atoms with E-state index < -0.39 is 6.04 Å². The second-order valence-corrected chi connectivity index (χ2v) is 6.72. The standard InChI is InChI=1S/C19H25N3O4/c1-26-15-4-2-3-14(13-15)5-8-18(24)21-9-11-22(12-10-21)19(25)16-6-7-17(23)20-16/h2-4,13,16H,5-12H2,1H3,(H,20,23). The van der Waals surface area contributed by atoms with Crippen molar-refractivity contribution in [3.8, 4) is 5.75 Å². The average molecular weight is 359 g/mol. The van der Waals surface area contributed by atoms with Crippen molar-refractivity contribution in [3.63, 3.8) is 0 Å². The van der Waals surface area contributed by atoms with Crippen LogP contribution in [-0.4, -0.2) is 66.9 Å². The molecule has 2 aliphatic heterocycles. The highest BCUT2D eigenvalue weighted by Crippen LogP contribution is 2.16. The summed E-state index contributed by atoms with van der Waals surface area (Å²) in [5, 5.41) is 2.71. The van der Waals surface area contributed by atoms with E-state index in [1.54, 1.807) is 12.0 Å². The topological polar surface area (TPSA) is 79.0 Å². The number of benzene rings is 1. The fourth-order valence-electron chi connectivity index (χ4n) is 3.43. The molecule has 1 N–H and O–H groups in total. The van der Waals surface area contributed by atoms with Gasteiger partial charge >= 0.3 is 0 Å². The first kappa shape index (κ1) is 18.2. The molecular formula is C19H25N3O4. The van der Waals surface area contributed by atoms with Crippen LogP contribution in [0.15, 0.2) is 24.3 Å². The molecule has 26 heavy (non-hydrogen) atoms. The lowest BCUT2D eigenvalue weighted by molar-refractivity contribution is -0.140. The summed E-state index contributed by atoms with van der Waals surface area (Å²) in [5.74, 6) is 0.809. The molecule has 0 saturated carbocycles. The van der Waals surface area contributed by atoms with E-state index >= 15 is 0 Å². The molecule has 0 radical (unpaired) electrons. The molecule has 2 saturated heterocycles. The SMILES string of the molecule is COc1cccc(CCC(=O)N2CCN(C(=O)C3CCC(=O)N3)CC2)c1. The largest absolute Gasteiger partial charge is 0.497 e. The summed E-state index contributed by atoms with van der Waals surface area (Å²) in [4.78, 5) is 39.7. The number of carbonyl (C=O) groups excluding carboxylic acids is 3. The predicted octanol–water partition coefficient (Wildman–Crippen LogP) is 0.577. The molecule has 0 aromatic heterocycles. The van der Waals surface area contributed by atoms with E-state index in [-0.39, 0.29) is 17.7 Å². The number of piperazine rings is 1. The molecule has 0 bridgehead atoms. The Morgan fingerprint density at radius 2 is 1.92 bits per heavy atom. The molecule has 7 heteroatoms. The first-order valence-electron chi connectivity index (χ1n) is 9.05. The zero-order valence-electron chi connectivity index (χ0n) is 15.1. The summed E-state index contributed by atoms with van der Waals surface area (Å²) in [7, 11) is 1.63. The normalized spacial score (nSPS) is 20.0. The average Bonchev–Trinajstić information content (AvgIpc) is 3.12. The molecule has 7 nitrogen and oxygen atoms in total. The molecular weight excluding hydrogens is 334 g/mol. The Balaban J connectivity index is 1.44. The Morgan fingerprint density at radius 3 is 2.58 bits per heavy atom. The Bertz CT molecular complexity index is 683. The van der Waals surface area contributed by atoms with Gasteiger partial charge in [0.05, 0.1) is 7.11 Å². The number of amides is 3. The van der Waals surface area contributed by atoms with Crippen molar-refractivity contribution in [1.82, 2.24) is 15.1 Å². The van der Waals surface area contributed by atoms with Crippen molar-refractivity contribution in [3.05, 3.63) is 29.8 Å². The maximum atomic E-state index is 12.4. The molecule has 0 spiro atoms. The van der Waals surface area contributed by atoms with Gasteiger partial charge < -0.3 is 19.9 Å². The van der Waals surface area contributed by atoms with Crippen molar-refractivity contribution >= 4 is 17.7 Å². The minimum absolute atomic E-state index is 0.0284. The summed E-state index contributed by atoms with van der Waals surface area (Å²) in [5.41, 5.74) is 1.07. The van der Waals surface area contributed by atoms with Gasteiger partial charge in [0, 0.05) is 39.0 Å². The zero-order chi connectivity index (χ0) is 18.5. The van der Waals surface area contributed by atoms with Gasteiger partial charge in [0.1, 0.15) is 11.8 Å². The number of aryl methyl sites for hydroxylation is 1. The van der Waals surface area contributed by atoms with Crippen molar-refractivity contribution in [2.45, 2.75) is 31.7 Å². The lowest BCUT2D eigenvalue weighted by Crippen LogP contribution is -2.54. The summed E-state index contributed by atoms with van der Waals surface area (Å²) in [6.45, 7) is 2.14. The second-order valence-electron chi connectivity index (χ2n) is 6.72. The van der Waals surface area contributed by atoms with Crippen LogP contribution < -0.4 is 10.1 Å². The van der Waals surface area contributed by atoms with Crippen molar-refractivity contribution in [1.29, 1.82) is 0 Å². The molecule has 3 amide bonds. The fourth-order valence-corrected chi connectivity index (χ4v) is 3.43. The van der Waals surface area contributed by atoms with E-state index in [4.69, 9.17) is 4.74 Å². The van der Waals surface area contributed by atoms with Crippen LogP contribution in [0.2, 0.25) is 0 Å². The number of nitrogens with one attached hydrogen (secondary N) is 1. The van der Waals surface area contributed by atoms with Crippen LogP contribution in [-0.2, 0) is 20.8 Å². The third-order valence-corrected chi connectivity index (χ3v) is 5.00. The van der Waals surface area contributed by atoms with Crippen molar-refractivity contribution in [2.24, 2.45) is 0 Å². The van der Waals surface area contributed by atoms with Gasteiger partial charge in [-0.2, -0.15) is 0 Å². The molecule has 1 aromatic carbocycles. The number of rotatable bonds is 5. The van der Waals surface area contributed by atoms with Gasteiger partial charge in [-0.25, -0.2) is 0 Å². The Hall–Kier alpha value is -2.57. The zero-order valence-corrected chi connectivity index (χ0v) is 15.1. The summed E-state index contributed by atoms with van der Waals surface area (Å²) >= 11 is 0. The molecule has 2 aliphatic rings. The molecule has 1 unspecified atom stereocenters. The van der Waals surface area contributed by atoms with E-state index in [2.05, 4.69) is 5.32 Å². The summed E-state index contributed by atoms with van der Waals surface area (Å²) in [6, 6.07) is 7.35. The van der Waals surface area contributed by atoms with Gasteiger partial charge in [-0.15, -0.1) is 0 Å². The first-order valence-corrected chi connectivity index (χ1v) is 9.05. The van der Waals surface area contributed by atoms with Crippen LogP contribution in [0.1, 0.15) is 24.8 Å². The van der Waals surface area contributed by atoms with Gasteiger partial charge in [0.15, 0.2) is 0 Å². The minimum Gasteiger partial charge on any atom is -0.497 e. The highest BCUT2D eigenvalue weighted by molar-refractivity contribution is 5.91. The number of nitrogens with zero attached hydrogens (tertiary/aromatic N) is 2. The minimum atomic E-state index is -0.391. The van der Waals surface area contributed by atoms with Crippen LogP contribution in [0.5, 0.6) is 5.75 Å². The quantitative estimate of drug-likeness (QED) is 0.834. The molecule has 2 fully saturated rings. The van der Waals surface area contributed by atoms with Gasteiger partial charge in [-0.05, 0) is 30.5 Å². The highest BCUT2D eigenvalue weighted by Gasteiger charge is 2.32. The van der Waals surface area contributed by atoms with Gasteiger partial charge in [0.2, 0.25) is 17.7 Å².